The van der Waals surface area contributed by atoms with E-state index >= 15 is 0 Å². The normalized spacial score (nSPS) is 15.2. The Balaban J connectivity index is 2.79. The minimum atomic E-state index is -4.02. The third-order valence-electron chi connectivity index (χ3n) is 4.87. The Bertz CT molecular complexity index is 844. The Kier molecular flexibility index (Phi) is 5.97. The predicted octanol–water partition coefficient (Wildman–Crippen LogP) is 6.47. The molecule has 0 amide bonds. The van der Waals surface area contributed by atoms with Crippen molar-refractivity contribution in [2.75, 3.05) is 0 Å². The standard InChI is InChI=1S/C24H35O3P/c1-22(2,3)17-15-19(23(4,5)6)21(20(16-17)24(7,8)9)27-28(25,26)18-13-11-10-12-14-18/h10-16H,1-9H3,(H,25,26). The number of benzene rings is 2. The maximum absolute atomic E-state index is 13.2. The number of rotatable bonds is 3. The highest BCUT2D eigenvalue weighted by molar-refractivity contribution is 7.61. The number of hydrogen-bond donors (Lipinski definition) is 1. The molecule has 0 saturated heterocycles. The summed E-state index contributed by atoms with van der Waals surface area (Å²) in [5.74, 6) is 0.530. The second-order valence-corrected chi connectivity index (χ2v) is 12.3. The summed E-state index contributed by atoms with van der Waals surface area (Å²) in [6.45, 7) is 19.2. The average molecular weight is 403 g/mol. The molecule has 0 fully saturated rings. The van der Waals surface area contributed by atoms with Gasteiger partial charge in [-0.2, -0.15) is 0 Å². The molecule has 2 aromatic carbocycles. The lowest BCUT2D eigenvalue weighted by Crippen LogP contribution is -2.23. The molecule has 0 radical (unpaired) electrons. The summed E-state index contributed by atoms with van der Waals surface area (Å²) in [5, 5.41) is 0.301. The molecule has 4 heteroatoms. The first-order valence-corrected chi connectivity index (χ1v) is 11.4. The quantitative estimate of drug-likeness (QED) is 0.599. The molecular formula is C24H35O3P. The van der Waals surface area contributed by atoms with Gasteiger partial charge >= 0.3 is 7.60 Å². The van der Waals surface area contributed by atoms with Gasteiger partial charge in [0, 0.05) is 11.1 Å². The number of hydrogen-bond acceptors (Lipinski definition) is 2. The van der Waals surface area contributed by atoms with Crippen molar-refractivity contribution in [3.8, 4) is 5.75 Å². The van der Waals surface area contributed by atoms with Crippen LogP contribution in [0.15, 0.2) is 42.5 Å². The fraction of sp³-hybridized carbons (Fsp3) is 0.500. The molecule has 0 aliphatic heterocycles. The van der Waals surface area contributed by atoms with E-state index in [1.165, 1.54) is 5.56 Å². The zero-order valence-electron chi connectivity index (χ0n) is 18.8. The van der Waals surface area contributed by atoms with E-state index in [0.717, 1.165) is 11.1 Å². The van der Waals surface area contributed by atoms with Gasteiger partial charge in [0.1, 0.15) is 5.75 Å². The van der Waals surface area contributed by atoms with Gasteiger partial charge in [-0.25, -0.2) is 4.57 Å². The van der Waals surface area contributed by atoms with Gasteiger partial charge in [-0.3, -0.25) is 0 Å². The summed E-state index contributed by atoms with van der Waals surface area (Å²) in [4.78, 5) is 10.8. The van der Waals surface area contributed by atoms with Crippen molar-refractivity contribution < 1.29 is 14.0 Å². The van der Waals surface area contributed by atoms with E-state index in [2.05, 4.69) is 74.4 Å². The third kappa shape index (κ3) is 5.07. The van der Waals surface area contributed by atoms with Crippen LogP contribution in [0.5, 0.6) is 5.75 Å². The monoisotopic (exact) mass is 402 g/mol. The topological polar surface area (TPSA) is 46.5 Å². The van der Waals surface area contributed by atoms with Crippen LogP contribution in [0.3, 0.4) is 0 Å². The fourth-order valence-electron chi connectivity index (χ4n) is 3.07. The third-order valence-corrected chi connectivity index (χ3v) is 6.25. The Morgan fingerprint density at radius 3 is 1.54 bits per heavy atom. The minimum absolute atomic E-state index is 0.0408. The summed E-state index contributed by atoms with van der Waals surface area (Å²) in [6, 6.07) is 12.9. The molecule has 1 atom stereocenters. The van der Waals surface area contributed by atoms with Gasteiger partial charge in [0.25, 0.3) is 0 Å². The molecule has 0 heterocycles. The van der Waals surface area contributed by atoms with E-state index in [-0.39, 0.29) is 16.2 Å². The molecule has 2 rings (SSSR count). The molecule has 0 bridgehead atoms. The predicted molar refractivity (Wildman–Crippen MR) is 119 cm³/mol. The Morgan fingerprint density at radius 1 is 0.750 bits per heavy atom. The molecule has 1 unspecified atom stereocenters. The zero-order chi connectivity index (χ0) is 21.5. The molecule has 0 aliphatic carbocycles. The highest BCUT2D eigenvalue weighted by atomic mass is 31.2. The Morgan fingerprint density at radius 2 is 1.18 bits per heavy atom. The van der Waals surface area contributed by atoms with Gasteiger partial charge in [-0.05, 0) is 33.9 Å². The van der Waals surface area contributed by atoms with Crippen LogP contribution in [0.25, 0.3) is 0 Å². The zero-order valence-corrected chi connectivity index (χ0v) is 19.6. The maximum atomic E-state index is 13.2. The first-order valence-electron chi connectivity index (χ1n) is 9.81. The largest absolute Gasteiger partial charge is 0.421 e. The van der Waals surface area contributed by atoms with Crippen LogP contribution >= 0.6 is 7.60 Å². The van der Waals surface area contributed by atoms with Crippen molar-refractivity contribution in [2.24, 2.45) is 0 Å². The van der Waals surface area contributed by atoms with Crippen molar-refractivity contribution in [1.82, 2.24) is 0 Å². The van der Waals surface area contributed by atoms with E-state index in [0.29, 0.717) is 11.1 Å². The fourth-order valence-corrected chi connectivity index (χ4v) is 4.17. The minimum Gasteiger partial charge on any atom is -0.421 e. The van der Waals surface area contributed by atoms with Gasteiger partial charge < -0.3 is 9.42 Å². The van der Waals surface area contributed by atoms with Crippen LogP contribution in [0, 0.1) is 0 Å². The van der Waals surface area contributed by atoms with Crippen molar-refractivity contribution >= 4 is 12.9 Å². The van der Waals surface area contributed by atoms with E-state index in [1.54, 1.807) is 24.3 Å². The van der Waals surface area contributed by atoms with Gasteiger partial charge in [-0.1, -0.05) is 92.6 Å². The Labute approximate surface area is 170 Å². The van der Waals surface area contributed by atoms with E-state index in [9.17, 15) is 9.46 Å². The average Bonchev–Trinajstić information content (AvgIpc) is 2.52. The van der Waals surface area contributed by atoms with Crippen LogP contribution < -0.4 is 9.83 Å². The molecule has 28 heavy (non-hydrogen) atoms. The van der Waals surface area contributed by atoms with Gasteiger partial charge in [0.15, 0.2) is 0 Å². The van der Waals surface area contributed by atoms with Crippen molar-refractivity contribution in [3.63, 3.8) is 0 Å². The molecule has 2 aromatic rings. The molecule has 0 aliphatic rings. The lowest BCUT2D eigenvalue weighted by molar-refractivity contribution is 0.380. The summed E-state index contributed by atoms with van der Waals surface area (Å²) < 4.78 is 19.1. The molecule has 0 saturated carbocycles. The summed E-state index contributed by atoms with van der Waals surface area (Å²) in [5.41, 5.74) is 2.58. The second-order valence-electron chi connectivity index (χ2n) is 10.6. The molecule has 1 N–H and O–H groups in total. The van der Waals surface area contributed by atoms with Crippen molar-refractivity contribution in [3.05, 3.63) is 59.2 Å². The first-order chi connectivity index (χ1) is 12.5. The van der Waals surface area contributed by atoms with E-state index in [4.69, 9.17) is 4.52 Å². The summed E-state index contributed by atoms with van der Waals surface area (Å²) in [7, 11) is -4.02. The molecule has 0 aromatic heterocycles. The van der Waals surface area contributed by atoms with Crippen molar-refractivity contribution in [1.29, 1.82) is 0 Å². The highest BCUT2D eigenvalue weighted by Gasteiger charge is 2.34. The highest BCUT2D eigenvalue weighted by Crippen LogP contribution is 2.50. The lowest BCUT2D eigenvalue weighted by atomic mass is 9.75. The summed E-state index contributed by atoms with van der Waals surface area (Å²) >= 11 is 0. The van der Waals surface area contributed by atoms with Gasteiger partial charge in [0.05, 0.1) is 5.30 Å². The second kappa shape index (κ2) is 7.35. The molecule has 0 spiro atoms. The molecular weight excluding hydrogens is 367 g/mol. The summed E-state index contributed by atoms with van der Waals surface area (Å²) in [6.07, 6.45) is 0. The van der Waals surface area contributed by atoms with Crippen LogP contribution in [0.2, 0.25) is 0 Å². The van der Waals surface area contributed by atoms with Crippen LogP contribution in [0.4, 0.5) is 0 Å². The van der Waals surface area contributed by atoms with E-state index in [1.807, 2.05) is 6.07 Å². The Hall–Kier alpha value is -1.57. The van der Waals surface area contributed by atoms with E-state index < -0.39 is 7.60 Å². The van der Waals surface area contributed by atoms with Gasteiger partial charge in [-0.15, -0.1) is 0 Å². The smallest absolute Gasteiger partial charge is 0.408 e. The maximum Gasteiger partial charge on any atom is 0.408 e. The van der Waals surface area contributed by atoms with Crippen LogP contribution in [0.1, 0.15) is 79.0 Å². The van der Waals surface area contributed by atoms with Gasteiger partial charge in [0.2, 0.25) is 0 Å². The molecule has 154 valence electrons. The van der Waals surface area contributed by atoms with Crippen LogP contribution in [-0.2, 0) is 20.8 Å². The molecule has 3 nitrogen and oxygen atoms in total. The van der Waals surface area contributed by atoms with Crippen LogP contribution in [-0.4, -0.2) is 4.89 Å². The SMILES string of the molecule is CC(C)(C)c1cc(C(C)(C)C)c(OP(=O)(O)c2ccccc2)c(C(C)(C)C)c1. The first kappa shape index (κ1) is 22.7. The van der Waals surface area contributed by atoms with Crippen molar-refractivity contribution in [2.45, 2.75) is 78.6 Å². The lowest BCUT2D eigenvalue weighted by Gasteiger charge is -2.33.